The van der Waals surface area contributed by atoms with Crippen molar-refractivity contribution < 1.29 is 4.79 Å². The Balaban J connectivity index is 1.36. The molecule has 0 bridgehead atoms. The minimum Gasteiger partial charge on any atom is -0.327 e. The van der Waals surface area contributed by atoms with Crippen LogP contribution in [0.2, 0.25) is 0 Å². The fraction of sp³-hybridized carbons (Fsp3) is 0.429. The quantitative estimate of drug-likeness (QED) is 0.416. The lowest BCUT2D eigenvalue weighted by molar-refractivity contribution is -0.117. The van der Waals surface area contributed by atoms with E-state index in [2.05, 4.69) is 26.8 Å². The van der Waals surface area contributed by atoms with E-state index in [0.29, 0.717) is 11.1 Å². The number of rotatable bonds is 7. The van der Waals surface area contributed by atoms with E-state index in [1.165, 1.54) is 30.4 Å². The number of amides is 1. The Labute approximate surface area is 210 Å². The second kappa shape index (κ2) is 10.6. The van der Waals surface area contributed by atoms with E-state index in [1.54, 1.807) is 6.07 Å². The number of fused-ring (bicyclic) bond motifs is 2. The Kier molecular flexibility index (Phi) is 7.13. The minimum atomic E-state index is -0.295. The van der Waals surface area contributed by atoms with Crippen molar-refractivity contribution >= 4 is 33.4 Å². The van der Waals surface area contributed by atoms with E-state index < -0.39 is 0 Å². The van der Waals surface area contributed by atoms with Gasteiger partial charge in [-0.1, -0.05) is 38.0 Å². The molecule has 0 spiro atoms. The molecule has 36 heavy (non-hydrogen) atoms. The van der Waals surface area contributed by atoms with Crippen molar-refractivity contribution in [2.45, 2.75) is 65.6 Å². The number of carbonyl (C=O) groups is 1. The molecule has 3 heterocycles. The third-order valence-electron chi connectivity index (χ3n) is 6.97. The first-order chi connectivity index (χ1) is 17.5. The predicted molar refractivity (Wildman–Crippen MR) is 143 cm³/mol. The zero-order valence-electron chi connectivity index (χ0n) is 21.2. The molecule has 8 heteroatoms. The lowest BCUT2D eigenvalue weighted by atomic mass is 10.1. The highest BCUT2D eigenvalue weighted by Crippen LogP contribution is 2.23. The Morgan fingerprint density at radius 2 is 1.78 bits per heavy atom. The molecule has 1 fully saturated rings. The Morgan fingerprint density at radius 1 is 1.03 bits per heavy atom. The molecular formula is C28H34N6O2. The molecule has 0 radical (unpaired) electrons. The molecule has 2 aromatic heterocycles. The molecule has 1 aliphatic heterocycles. The summed E-state index contributed by atoms with van der Waals surface area (Å²) < 4.78 is 3.55. The van der Waals surface area contributed by atoms with Gasteiger partial charge in [0.1, 0.15) is 12.4 Å². The maximum Gasteiger partial charge on any atom is 0.275 e. The number of aromatic nitrogens is 4. The van der Waals surface area contributed by atoms with Crippen molar-refractivity contribution in [2.24, 2.45) is 0 Å². The number of aryl methyl sites for hydroxylation is 2. The zero-order valence-corrected chi connectivity index (χ0v) is 21.2. The Morgan fingerprint density at radius 3 is 2.53 bits per heavy atom. The predicted octanol–water partition coefficient (Wildman–Crippen LogP) is 4.48. The van der Waals surface area contributed by atoms with Crippen LogP contribution in [0.5, 0.6) is 0 Å². The first-order valence-electron chi connectivity index (χ1n) is 13.0. The van der Waals surface area contributed by atoms with Gasteiger partial charge < -0.3 is 9.88 Å². The molecule has 4 aromatic rings. The van der Waals surface area contributed by atoms with Crippen molar-refractivity contribution in [3.63, 3.8) is 0 Å². The Bertz CT molecular complexity index is 1450. The average molecular weight is 487 g/mol. The largest absolute Gasteiger partial charge is 0.327 e. The van der Waals surface area contributed by atoms with E-state index in [4.69, 9.17) is 4.98 Å². The summed E-state index contributed by atoms with van der Waals surface area (Å²) in [5.74, 6) is 0.788. The lowest BCUT2D eigenvalue weighted by Crippen LogP contribution is -2.30. The maximum atomic E-state index is 12.8. The third kappa shape index (κ3) is 5.04. The van der Waals surface area contributed by atoms with Crippen molar-refractivity contribution in [1.29, 1.82) is 0 Å². The van der Waals surface area contributed by atoms with Crippen LogP contribution in [0, 0.1) is 6.92 Å². The summed E-state index contributed by atoms with van der Waals surface area (Å²) in [6, 6.07) is 13.2. The van der Waals surface area contributed by atoms with Gasteiger partial charge in [0.2, 0.25) is 5.91 Å². The standard InChI is InChI=1S/C28H34N6O2/c1-3-14-33-25-13-12-21(17-24(25)30-26(33)18-32-15-8-4-5-9-16-32)29-27(35)19-34-28(36)23-11-7-6-10-22(23)20(2)31-34/h6-7,10-13,17H,3-5,8-9,14-16,18-19H2,1-2H3,(H,29,35). The molecule has 1 aliphatic rings. The molecule has 1 N–H and O–H groups in total. The van der Waals surface area contributed by atoms with Crippen LogP contribution in [-0.4, -0.2) is 43.2 Å². The van der Waals surface area contributed by atoms with E-state index in [9.17, 15) is 9.59 Å². The summed E-state index contributed by atoms with van der Waals surface area (Å²) >= 11 is 0. The van der Waals surface area contributed by atoms with Gasteiger partial charge in [-0.2, -0.15) is 5.10 Å². The molecule has 188 valence electrons. The monoisotopic (exact) mass is 486 g/mol. The van der Waals surface area contributed by atoms with Crippen LogP contribution in [0.1, 0.15) is 50.5 Å². The second-order valence-corrected chi connectivity index (χ2v) is 9.72. The van der Waals surface area contributed by atoms with E-state index >= 15 is 0 Å². The van der Waals surface area contributed by atoms with E-state index in [1.807, 2.05) is 43.3 Å². The number of hydrogen-bond acceptors (Lipinski definition) is 5. The highest BCUT2D eigenvalue weighted by molar-refractivity contribution is 5.93. The summed E-state index contributed by atoms with van der Waals surface area (Å²) in [6.45, 7) is 7.90. The van der Waals surface area contributed by atoms with E-state index in [0.717, 1.165) is 60.5 Å². The summed E-state index contributed by atoms with van der Waals surface area (Å²) in [4.78, 5) is 33.2. The van der Waals surface area contributed by atoms with Gasteiger partial charge in [-0.15, -0.1) is 0 Å². The van der Waals surface area contributed by atoms with Crippen LogP contribution in [-0.2, 0) is 24.4 Å². The second-order valence-electron chi connectivity index (χ2n) is 9.72. The van der Waals surface area contributed by atoms with Gasteiger partial charge in [0.05, 0.1) is 28.7 Å². The first-order valence-corrected chi connectivity index (χ1v) is 13.0. The number of anilines is 1. The van der Waals surface area contributed by atoms with Crippen molar-refractivity contribution in [3.8, 4) is 0 Å². The van der Waals surface area contributed by atoms with Gasteiger partial charge in [-0.3, -0.25) is 14.5 Å². The zero-order chi connectivity index (χ0) is 25.1. The first kappa shape index (κ1) is 24.2. The van der Waals surface area contributed by atoms with E-state index in [-0.39, 0.29) is 18.0 Å². The van der Waals surface area contributed by atoms with Crippen molar-refractivity contribution in [2.75, 3.05) is 18.4 Å². The highest BCUT2D eigenvalue weighted by Gasteiger charge is 2.17. The average Bonchev–Trinajstić information content (AvgIpc) is 3.02. The molecule has 8 nitrogen and oxygen atoms in total. The van der Waals surface area contributed by atoms with Gasteiger partial charge in [0, 0.05) is 17.6 Å². The van der Waals surface area contributed by atoms with Crippen LogP contribution in [0.4, 0.5) is 5.69 Å². The van der Waals surface area contributed by atoms with Crippen LogP contribution in [0.25, 0.3) is 21.8 Å². The van der Waals surface area contributed by atoms with Crippen molar-refractivity contribution in [1.82, 2.24) is 24.2 Å². The third-order valence-corrected chi connectivity index (χ3v) is 6.97. The molecule has 5 rings (SSSR count). The number of nitrogens with zero attached hydrogens (tertiary/aromatic N) is 5. The number of benzene rings is 2. The normalized spacial score (nSPS) is 14.8. The fourth-order valence-electron chi connectivity index (χ4n) is 5.19. The SMILES string of the molecule is CCCn1c(CN2CCCCCC2)nc2cc(NC(=O)Cn3nc(C)c4ccccc4c3=O)ccc21. The number of imidazole rings is 1. The molecule has 0 unspecified atom stereocenters. The minimum absolute atomic E-state index is 0.146. The van der Waals surface area contributed by atoms with Gasteiger partial charge in [0.25, 0.3) is 5.56 Å². The molecule has 0 saturated carbocycles. The summed E-state index contributed by atoms with van der Waals surface area (Å²) in [6.07, 6.45) is 6.15. The highest BCUT2D eigenvalue weighted by atomic mass is 16.2. The number of likely N-dealkylation sites (tertiary alicyclic amines) is 1. The van der Waals surface area contributed by atoms with Gasteiger partial charge in [0.15, 0.2) is 0 Å². The molecular weight excluding hydrogens is 452 g/mol. The maximum absolute atomic E-state index is 12.8. The van der Waals surface area contributed by atoms with Crippen LogP contribution >= 0.6 is 0 Å². The molecule has 0 aliphatic carbocycles. The number of hydrogen-bond donors (Lipinski definition) is 1. The molecule has 2 aromatic carbocycles. The van der Waals surface area contributed by atoms with Gasteiger partial charge in [-0.05, 0) is 63.5 Å². The molecule has 0 atom stereocenters. The van der Waals surface area contributed by atoms with Gasteiger partial charge in [-0.25, -0.2) is 9.67 Å². The summed E-state index contributed by atoms with van der Waals surface area (Å²) in [5, 5.41) is 8.66. The number of carbonyl (C=O) groups excluding carboxylic acids is 1. The summed E-state index contributed by atoms with van der Waals surface area (Å²) in [5.41, 5.74) is 3.09. The van der Waals surface area contributed by atoms with Crippen molar-refractivity contribution in [3.05, 3.63) is 64.3 Å². The molecule has 1 saturated heterocycles. The lowest BCUT2D eigenvalue weighted by Gasteiger charge is -2.20. The van der Waals surface area contributed by atoms with Crippen LogP contribution in [0.3, 0.4) is 0 Å². The van der Waals surface area contributed by atoms with Crippen LogP contribution in [0.15, 0.2) is 47.3 Å². The summed E-state index contributed by atoms with van der Waals surface area (Å²) in [7, 11) is 0. The topological polar surface area (TPSA) is 85.1 Å². The smallest absolute Gasteiger partial charge is 0.275 e. The van der Waals surface area contributed by atoms with Gasteiger partial charge >= 0.3 is 0 Å². The van der Waals surface area contributed by atoms with Crippen LogP contribution < -0.4 is 10.9 Å². The Hall–Kier alpha value is -3.52. The fourth-order valence-corrected chi connectivity index (χ4v) is 5.19. The number of nitrogens with one attached hydrogen (secondary N) is 1. The molecule has 1 amide bonds.